The first-order chi connectivity index (χ1) is 14.9. The quantitative estimate of drug-likeness (QED) is 0.667. The average Bonchev–Trinajstić information content (AvgIpc) is 3.31. The number of tetrazole rings is 1. The first-order valence-electron chi connectivity index (χ1n) is 10.1. The Balaban J connectivity index is 1.75. The largest absolute Gasteiger partial charge is 0.350 e. The van der Waals surface area contributed by atoms with E-state index < -0.39 is 42.8 Å². The van der Waals surface area contributed by atoms with Crippen molar-refractivity contribution < 1.29 is 18.4 Å². The third kappa shape index (κ3) is 5.77. The highest BCUT2D eigenvalue weighted by molar-refractivity contribution is 6.30. The summed E-state index contributed by atoms with van der Waals surface area (Å²) in [5.41, 5.74) is 6.86. The monoisotopic (exact) mass is 469 g/mol. The molecule has 0 saturated carbocycles. The predicted octanol–water partition coefficient (Wildman–Crippen LogP) is 1.93. The van der Waals surface area contributed by atoms with Crippen molar-refractivity contribution in [1.29, 1.82) is 0 Å². The van der Waals surface area contributed by atoms with Crippen molar-refractivity contribution in [3.63, 3.8) is 0 Å². The maximum absolute atomic E-state index is 14.2. The van der Waals surface area contributed by atoms with Gasteiger partial charge in [0.15, 0.2) is 0 Å². The minimum atomic E-state index is -3.17. The molecule has 1 aromatic carbocycles. The summed E-state index contributed by atoms with van der Waals surface area (Å²) in [4.78, 5) is 26.5. The number of nitrogens with two attached hydrogens (primary N) is 1. The molecular formula is C20H26ClF2N7O2. The average molecular weight is 470 g/mol. The number of carbonyl (C=O) groups excluding carboxylic acids is 2. The van der Waals surface area contributed by atoms with Gasteiger partial charge in [0.05, 0.1) is 18.3 Å². The molecule has 1 aliphatic heterocycles. The molecule has 0 aliphatic carbocycles. The van der Waals surface area contributed by atoms with Crippen LogP contribution < -0.4 is 11.1 Å². The number of likely N-dealkylation sites (tertiary alicyclic amines) is 1. The van der Waals surface area contributed by atoms with Crippen LogP contribution in [0.15, 0.2) is 24.5 Å². The molecule has 2 aromatic rings. The first-order valence-corrected chi connectivity index (χ1v) is 10.5. The number of hydrogen-bond acceptors (Lipinski definition) is 6. The Labute approximate surface area is 189 Å². The molecule has 0 radical (unpaired) electrons. The van der Waals surface area contributed by atoms with Crippen LogP contribution in [0.25, 0.3) is 5.69 Å². The summed E-state index contributed by atoms with van der Waals surface area (Å²) < 4.78 is 29.7. The smallest absolute Gasteiger partial charge is 0.267 e. The van der Waals surface area contributed by atoms with Crippen LogP contribution in [0.2, 0.25) is 5.02 Å². The lowest BCUT2D eigenvalue weighted by Crippen LogP contribution is -2.52. The number of rotatable bonds is 6. The third-order valence-corrected chi connectivity index (χ3v) is 5.33. The Kier molecular flexibility index (Phi) is 6.80. The van der Waals surface area contributed by atoms with Gasteiger partial charge in [0.2, 0.25) is 11.8 Å². The van der Waals surface area contributed by atoms with E-state index in [4.69, 9.17) is 17.3 Å². The Morgan fingerprint density at radius 2 is 2.09 bits per heavy atom. The fourth-order valence-corrected chi connectivity index (χ4v) is 3.93. The molecule has 1 aromatic heterocycles. The van der Waals surface area contributed by atoms with Gasteiger partial charge in [-0.3, -0.25) is 9.59 Å². The summed E-state index contributed by atoms with van der Waals surface area (Å²) in [6, 6.07) is 2.63. The third-order valence-electron chi connectivity index (χ3n) is 5.10. The molecule has 12 heteroatoms. The van der Waals surface area contributed by atoms with Crippen molar-refractivity contribution >= 4 is 23.4 Å². The molecule has 1 aliphatic rings. The van der Waals surface area contributed by atoms with Gasteiger partial charge in [-0.2, -0.15) is 0 Å². The fraction of sp³-hybridized carbons (Fsp3) is 0.550. The molecule has 9 nitrogen and oxygen atoms in total. The molecule has 1 unspecified atom stereocenters. The lowest BCUT2D eigenvalue weighted by molar-refractivity contribution is -0.140. The van der Waals surface area contributed by atoms with E-state index in [1.165, 1.54) is 11.0 Å². The maximum Gasteiger partial charge on any atom is 0.267 e. The summed E-state index contributed by atoms with van der Waals surface area (Å²) >= 11 is 6.07. The van der Waals surface area contributed by atoms with E-state index in [9.17, 15) is 18.4 Å². The molecule has 3 N–H and O–H groups in total. The summed E-state index contributed by atoms with van der Waals surface area (Å²) in [6.07, 6.45) is 0.922. The molecule has 0 bridgehead atoms. The number of nitrogens with zero attached hydrogens (tertiary/aromatic N) is 5. The van der Waals surface area contributed by atoms with Crippen LogP contribution in [0.1, 0.15) is 39.2 Å². The van der Waals surface area contributed by atoms with Crippen molar-refractivity contribution in [3.8, 4) is 5.69 Å². The van der Waals surface area contributed by atoms with Gasteiger partial charge >= 0.3 is 0 Å². The van der Waals surface area contributed by atoms with Gasteiger partial charge in [-0.05, 0) is 46.0 Å². The number of alkyl halides is 2. The van der Waals surface area contributed by atoms with Gasteiger partial charge < -0.3 is 16.0 Å². The highest BCUT2D eigenvalue weighted by Crippen LogP contribution is 2.33. The van der Waals surface area contributed by atoms with E-state index in [0.717, 1.165) is 4.90 Å². The summed E-state index contributed by atoms with van der Waals surface area (Å²) in [5, 5.41) is 14.0. The molecule has 174 valence electrons. The number of amides is 2. The maximum atomic E-state index is 14.2. The van der Waals surface area contributed by atoms with Gasteiger partial charge in [0.1, 0.15) is 12.4 Å². The zero-order chi connectivity index (χ0) is 23.7. The summed E-state index contributed by atoms with van der Waals surface area (Å²) in [5.74, 6) is -4.53. The fourth-order valence-electron chi connectivity index (χ4n) is 3.73. The van der Waals surface area contributed by atoms with Gasteiger partial charge in [-0.25, -0.2) is 13.5 Å². The van der Waals surface area contributed by atoms with Gasteiger partial charge in [0, 0.05) is 18.0 Å². The standard InChI is InChI=1S/C20H26ClF2N7O2/c1-19(2,3)7-14(24)18(32)29-10-20(22,23)8-16(29)17(31)25-9-12-6-13(21)4-5-15(12)30-11-26-27-28-30/h4-6,11,14,16H,7-10,24H2,1-3H3,(H,25,31)/t14-,16?/m1/s1. The minimum absolute atomic E-state index is 0.0211. The van der Waals surface area contributed by atoms with Crippen molar-refractivity contribution in [2.45, 2.75) is 58.2 Å². The predicted molar refractivity (Wildman–Crippen MR) is 113 cm³/mol. The van der Waals surface area contributed by atoms with Crippen molar-refractivity contribution in [3.05, 3.63) is 35.1 Å². The van der Waals surface area contributed by atoms with E-state index in [1.54, 1.807) is 18.2 Å². The van der Waals surface area contributed by atoms with Crippen LogP contribution in [-0.4, -0.2) is 61.5 Å². The number of hydrogen-bond donors (Lipinski definition) is 2. The molecule has 1 fully saturated rings. The Morgan fingerprint density at radius 1 is 1.38 bits per heavy atom. The van der Waals surface area contributed by atoms with Crippen LogP contribution in [-0.2, 0) is 16.1 Å². The molecule has 2 heterocycles. The van der Waals surface area contributed by atoms with E-state index in [-0.39, 0.29) is 12.0 Å². The summed E-state index contributed by atoms with van der Waals surface area (Å²) in [7, 11) is 0. The number of halogens is 3. The van der Waals surface area contributed by atoms with Crippen LogP contribution >= 0.6 is 11.6 Å². The van der Waals surface area contributed by atoms with Gasteiger partial charge in [-0.15, -0.1) is 5.10 Å². The Morgan fingerprint density at radius 3 is 2.72 bits per heavy atom. The van der Waals surface area contributed by atoms with Crippen molar-refractivity contribution in [2.75, 3.05) is 6.54 Å². The molecular weight excluding hydrogens is 444 g/mol. The Bertz CT molecular complexity index is 979. The molecule has 3 rings (SSSR count). The van der Waals surface area contributed by atoms with Crippen LogP contribution in [0.4, 0.5) is 8.78 Å². The molecule has 2 atom stereocenters. The second kappa shape index (κ2) is 9.07. The van der Waals surface area contributed by atoms with Crippen molar-refractivity contribution in [1.82, 2.24) is 30.4 Å². The molecule has 32 heavy (non-hydrogen) atoms. The summed E-state index contributed by atoms with van der Waals surface area (Å²) in [6.45, 7) is 4.84. The second-order valence-corrected chi connectivity index (χ2v) is 9.59. The SMILES string of the molecule is CC(C)(C)C[C@@H](N)C(=O)N1CC(F)(F)CC1C(=O)NCc1cc(Cl)ccc1-n1cnnn1. The highest BCUT2D eigenvalue weighted by Gasteiger charge is 2.50. The highest BCUT2D eigenvalue weighted by atomic mass is 35.5. The zero-order valence-electron chi connectivity index (χ0n) is 18.1. The lowest BCUT2D eigenvalue weighted by atomic mass is 9.88. The van der Waals surface area contributed by atoms with Crippen molar-refractivity contribution in [2.24, 2.45) is 11.1 Å². The Hall–Kier alpha value is -2.66. The normalized spacial score (nSPS) is 19.1. The topological polar surface area (TPSA) is 119 Å². The molecule has 2 amide bonds. The number of nitrogens with one attached hydrogen (secondary N) is 1. The van der Waals surface area contributed by atoms with E-state index in [2.05, 4.69) is 20.8 Å². The van der Waals surface area contributed by atoms with Gasteiger partial charge in [-0.1, -0.05) is 32.4 Å². The van der Waals surface area contributed by atoms with E-state index in [0.29, 0.717) is 22.7 Å². The molecule has 0 spiro atoms. The van der Waals surface area contributed by atoms with E-state index >= 15 is 0 Å². The van der Waals surface area contributed by atoms with Crippen LogP contribution in [0.5, 0.6) is 0 Å². The molecule has 1 saturated heterocycles. The minimum Gasteiger partial charge on any atom is -0.350 e. The number of carbonyl (C=O) groups is 2. The lowest BCUT2D eigenvalue weighted by Gasteiger charge is -2.29. The van der Waals surface area contributed by atoms with Crippen LogP contribution in [0.3, 0.4) is 0 Å². The van der Waals surface area contributed by atoms with E-state index in [1.807, 2.05) is 20.8 Å². The van der Waals surface area contributed by atoms with Crippen LogP contribution in [0, 0.1) is 5.41 Å². The second-order valence-electron chi connectivity index (χ2n) is 9.16. The number of aromatic nitrogens is 4. The van der Waals surface area contributed by atoms with Gasteiger partial charge in [0.25, 0.3) is 5.92 Å². The zero-order valence-corrected chi connectivity index (χ0v) is 18.8. The number of benzene rings is 1. The first kappa shape index (κ1) is 24.0.